The molecule has 5 heteroatoms. The molecule has 0 amide bonds. The summed E-state index contributed by atoms with van der Waals surface area (Å²) in [5.41, 5.74) is 0. The van der Waals surface area contributed by atoms with Crippen molar-refractivity contribution in [1.82, 2.24) is 4.98 Å². The van der Waals surface area contributed by atoms with Crippen LogP contribution in [0.3, 0.4) is 0 Å². The maximum absolute atomic E-state index is 13.1. The molecule has 1 aromatic heterocycles. The maximum atomic E-state index is 13.1. The third-order valence-electron chi connectivity index (χ3n) is 1.62. The van der Waals surface area contributed by atoms with Crippen LogP contribution in [0.5, 0.6) is 0 Å². The summed E-state index contributed by atoms with van der Waals surface area (Å²) in [6.45, 7) is 1.91. The number of aromatic nitrogens is 1. The normalized spacial score (nSPS) is 12.9. The lowest BCUT2D eigenvalue weighted by Crippen LogP contribution is -2.01. The quantitative estimate of drug-likeness (QED) is 0.788. The number of nitrogens with zero attached hydrogens (tertiary/aromatic N) is 1. The minimum Gasteiger partial charge on any atom is -0.396 e. The van der Waals surface area contributed by atoms with Gasteiger partial charge in [0.15, 0.2) is 5.82 Å². The predicted molar refractivity (Wildman–Crippen MR) is 51.2 cm³/mol. The molecule has 0 fully saturated rings. The average molecular weight is 219 g/mol. The monoisotopic (exact) mass is 219 g/mol. The number of hydrogen-bond donors (Lipinski definition) is 1. The Morgan fingerprint density at radius 3 is 2.86 bits per heavy atom. The zero-order valence-electron chi connectivity index (χ0n) is 7.70. The van der Waals surface area contributed by atoms with Crippen LogP contribution in [0.25, 0.3) is 0 Å². The van der Waals surface area contributed by atoms with E-state index < -0.39 is 11.6 Å². The summed E-state index contributed by atoms with van der Waals surface area (Å²) in [5.74, 6) is -1.33. The highest BCUT2D eigenvalue weighted by Gasteiger charge is 2.10. The van der Waals surface area contributed by atoms with Gasteiger partial charge in [-0.3, -0.25) is 0 Å². The van der Waals surface area contributed by atoms with E-state index >= 15 is 0 Å². The minimum atomic E-state index is -0.679. The zero-order valence-corrected chi connectivity index (χ0v) is 8.52. The molecular weight excluding hydrogens is 208 g/mol. The van der Waals surface area contributed by atoms with E-state index in [1.807, 2.05) is 6.92 Å². The van der Waals surface area contributed by atoms with Crippen molar-refractivity contribution >= 4 is 11.8 Å². The first-order chi connectivity index (χ1) is 6.63. The fourth-order valence-corrected chi connectivity index (χ4v) is 1.81. The Kier molecular flexibility index (Phi) is 4.28. The second-order valence-corrected chi connectivity index (χ2v) is 4.31. The second kappa shape index (κ2) is 5.26. The molecule has 0 bridgehead atoms. The van der Waals surface area contributed by atoms with E-state index in [0.717, 1.165) is 12.3 Å². The molecule has 0 aliphatic rings. The second-order valence-electron chi connectivity index (χ2n) is 2.88. The summed E-state index contributed by atoms with van der Waals surface area (Å²) in [4.78, 5) is 3.63. The van der Waals surface area contributed by atoms with Crippen molar-refractivity contribution in [3.63, 3.8) is 0 Å². The molecule has 0 spiro atoms. The van der Waals surface area contributed by atoms with Crippen LogP contribution in [0.1, 0.15) is 13.3 Å². The fourth-order valence-electron chi connectivity index (χ4n) is 0.920. The van der Waals surface area contributed by atoms with E-state index in [0.29, 0.717) is 6.42 Å². The molecule has 1 unspecified atom stereocenters. The van der Waals surface area contributed by atoms with Crippen LogP contribution in [-0.2, 0) is 0 Å². The van der Waals surface area contributed by atoms with Gasteiger partial charge >= 0.3 is 0 Å². The largest absolute Gasteiger partial charge is 0.396 e. The molecule has 14 heavy (non-hydrogen) atoms. The number of rotatable bonds is 4. The molecule has 1 aromatic rings. The summed E-state index contributed by atoms with van der Waals surface area (Å²) in [7, 11) is 0. The van der Waals surface area contributed by atoms with Crippen LogP contribution >= 0.6 is 11.8 Å². The number of aliphatic hydroxyl groups excluding tert-OH is 1. The van der Waals surface area contributed by atoms with E-state index in [2.05, 4.69) is 4.98 Å². The van der Waals surface area contributed by atoms with Gasteiger partial charge in [0, 0.05) is 17.9 Å². The fraction of sp³-hybridized carbons (Fsp3) is 0.444. The van der Waals surface area contributed by atoms with Crippen molar-refractivity contribution in [3.05, 3.63) is 23.9 Å². The Bertz CT molecular complexity index is 309. The van der Waals surface area contributed by atoms with E-state index in [1.54, 1.807) is 0 Å². The highest BCUT2D eigenvalue weighted by molar-refractivity contribution is 7.99. The Balaban J connectivity index is 2.67. The number of hydrogen-bond acceptors (Lipinski definition) is 3. The lowest BCUT2D eigenvalue weighted by Gasteiger charge is -2.08. The van der Waals surface area contributed by atoms with Crippen molar-refractivity contribution in [3.8, 4) is 0 Å². The average Bonchev–Trinajstić information content (AvgIpc) is 2.10. The van der Waals surface area contributed by atoms with E-state index in [-0.39, 0.29) is 16.9 Å². The molecule has 0 aliphatic carbocycles. The number of aliphatic hydroxyl groups is 1. The molecule has 0 aliphatic heterocycles. The maximum Gasteiger partial charge on any atom is 0.158 e. The van der Waals surface area contributed by atoms with Crippen LogP contribution < -0.4 is 0 Å². The van der Waals surface area contributed by atoms with Gasteiger partial charge in [-0.15, -0.1) is 11.8 Å². The zero-order chi connectivity index (χ0) is 10.6. The summed E-state index contributed by atoms with van der Waals surface area (Å²) in [5, 5.41) is 8.88. The van der Waals surface area contributed by atoms with Gasteiger partial charge in [0.1, 0.15) is 10.8 Å². The van der Waals surface area contributed by atoms with Crippen molar-refractivity contribution in [2.75, 3.05) is 6.61 Å². The topological polar surface area (TPSA) is 33.1 Å². The molecule has 0 saturated carbocycles. The van der Waals surface area contributed by atoms with Gasteiger partial charge in [0.25, 0.3) is 0 Å². The Hall–Kier alpha value is -0.680. The lowest BCUT2D eigenvalue weighted by molar-refractivity contribution is 0.289. The minimum absolute atomic E-state index is 0.0526. The Morgan fingerprint density at radius 2 is 2.29 bits per heavy atom. The van der Waals surface area contributed by atoms with Crippen molar-refractivity contribution in [2.45, 2.75) is 23.6 Å². The Morgan fingerprint density at radius 1 is 1.57 bits per heavy atom. The van der Waals surface area contributed by atoms with Gasteiger partial charge in [-0.25, -0.2) is 13.8 Å². The van der Waals surface area contributed by atoms with Gasteiger partial charge in [0.2, 0.25) is 0 Å². The Labute approximate surface area is 85.4 Å². The molecule has 1 atom stereocenters. The third kappa shape index (κ3) is 3.23. The molecule has 2 nitrogen and oxygen atoms in total. The molecule has 1 N–H and O–H groups in total. The first-order valence-electron chi connectivity index (χ1n) is 4.22. The van der Waals surface area contributed by atoms with Crippen LogP contribution in [0.4, 0.5) is 8.78 Å². The van der Waals surface area contributed by atoms with Crippen LogP contribution in [-0.4, -0.2) is 21.9 Å². The summed E-state index contributed by atoms with van der Waals surface area (Å²) in [6.07, 6.45) is 1.54. The number of pyridine rings is 1. The smallest absolute Gasteiger partial charge is 0.158 e. The van der Waals surface area contributed by atoms with Crippen molar-refractivity contribution < 1.29 is 13.9 Å². The first-order valence-corrected chi connectivity index (χ1v) is 5.10. The van der Waals surface area contributed by atoms with E-state index in [1.165, 1.54) is 11.8 Å². The van der Waals surface area contributed by atoms with Crippen LogP contribution in [0.15, 0.2) is 17.3 Å². The molecule has 78 valence electrons. The van der Waals surface area contributed by atoms with Crippen molar-refractivity contribution in [2.24, 2.45) is 0 Å². The summed E-state index contributed by atoms with van der Waals surface area (Å²) >= 11 is 1.19. The van der Waals surface area contributed by atoms with Gasteiger partial charge < -0.3 is 5.11 Å². The van der Waals surface area contributed by atoms with E-state index in [4.69, 9.17) is 5.11 Å². The highest BCUT2D eigenvalue weighted by atomic mass is 32.2. The summed E-state index contributed by atoms with van der Waals surface area (Å²) < 4.78 is 25.5. The predicted octanol–water partition coefficient (Wildman–Crippen LogP) is 2.22. The number of halogens is 2. The number of thioether (sulfide) groups is 1. The van der Waals surface area contributed by atoms with Gasteiger partial charge in [-0.05, 0) is 6.42 Å². The first kappa shape index (κ1) is 11.4. The highest BCUT2D eigenvalue weighted by Crippen LogP contribution is 2.25. The van der Waals surface area contributed by atoms with E-state index in [9.17, 15) is 8.78 Å². The standard InChI is InChI=1S/C9H11F2NOS/c1-6(2-3-13)14-9-8(11)4-7(10)5-12-9/h4-6,13H,2-3H2,1H3. The van der Waals surface area contributed by atoms with Gasteiger partial charge in [-0.2, -0.15) is 0 Å². The molecule has 0 saturated heterocycles. The van der Waals surface area contributed by atoms with Crippen LogP contribution in [0.2, 0.25) is 0 Å². The molecule has 0 aromatic carbocycles. The molecule has 1 rings (SSSR count). The third-order valence-corrected chi connectivity index (χ3v) is 2.78. The van der Waals surface area contributed by atoms with Gasteiger partial charge in [0.05, 0.1) is 6.20 Å². The summed E-state index contributed by atoms with van der Waals surface area (Å²) in [6, 6.07) is 0.807. The van der Waals surface area contributed by atoms with Crippen LogP contribution in [0, 0.1) is 11.6 Å². The molecular formula is C9H11F2NOS. The van der Waals surface area contributed by atoms with Crippen molar-refractivity contribution in [1.29, 1.82) is 0 Å². The lowest BCUT2D eigenvalue weighted by atomic mass is 10.3. The SMILES string of the molecule is CC(CCO)Sc1ncc(F)cc1F. The molecule has 1 heterocycles. The van der Waals surface area contributed by atoms with Gasteiger partial charge in [-0.1, -0.05) is 6.92 Å². The molecule has 0 radical (unpaired) electrons.